The Balaban J connectivity index is 0.00000450. The van der Waals surface area contributed by atoms with Crippen molar-refractivity contribution in [1.29, 1.82) is 0 Å². The van der Waals surface area contributed by atoms with E-state index in [0.29, 0.717) is 19.1 Å². The van der Waals surface area contributed by atoms with Crippen molar-refractivity contribution in [3.8, 4) is 5.75 Å². The topological polar surface area (TPSA) is 57.9 Å². The van der Waals surface area contributed by atoms with E-state index in [9.17, 15) is 0 Å². The second kappa shape index (κ2) is 12.8. The number of rotatable bonds is 9. The number of aliphatic imine (C=N–C) groups is 1. The summed E-state index contributed by atoms with van der Waals surface area (Å²) in [6.07, 6.45) is 2.09. The first-order chi connectivity index (χ1) is 13.8. The van der Waals surface area contributed by atoms with Crippen LogP contribution >= 0.6 is 24.0 Å². The van der Waals surface area contributed by atoms with Gasteiger partial charge in [0.1, 0.15) is 12.4 Å². The molecule has 0 spiro atoms. The van der Waals surface area contributed by atoms with Gasteiger partial charge in [-0.1, -0.05) is 32.0 Å². The highest BCUT2D eigenvalue weighted by Gasteiger charge is 2.15. The Morgan fingerprint density at radius 3 is 2.53 bits per heavy atom. The molecule has 0 aliphatic rings. The molecule has 1 heterocycles. The standard InChI is InChI=1S/C22H36N6O.HI/c1-17(2)21-19(16-28(7)25-21)15-27(6)22(23-3)24-14-18-10-8-9-11-20(18)29-13-12-26(4)5;/h8-11,16-17H,12-15H2,1-7H3,(H,23,24);1H. The van der Waals surface area contributed by atoms with Crippen LogP contribution in [0.1, 0.15) is 36.6 Å². The molecule has 0 bridgehead atoms. The Bertz CT molecular complexity index is 803. The maximum absolute atomic E-state index is 5.97. The van der Waals surface area contributed by atoms with E-state index < -0.39 is 0 Å². The van der Waals surface area contributed by atoms with E-state index >= 15 is 0 Å². The molecule has 0 unspecified atom stereocenters. The van der Waals surface area contributed by atoms with Crippen molar-refractivity contribution in [3.63, 3.8) is 0 Å². The van der Waals surface area contributed by atoms with Crippen LogP contribution in [0.4, 0.5) is 0 Å². The predicted octanol–water partition coefficient (Wildman–Crippen LogP) is 3.31. The van der Waals surface area contributed by atoms with Crippen LogP contribution in [0.2, 0.25) is 0 Å². The second-order valence-corrected chi connectivity index (χ2v) is 7.88. The third-order valence-corrected chi connectivity index (χ3v) is 4.67. The summed E-state index contributed by atoms with van der Waals surface area (Å²) in [6, 6.07) is 8.14. The van der Waals surface area contributed by atoms with Gasteiger partial charge in [-0.3, -0.25) is 9.67 Å². The molecule has 8 heteroatoms. The number of nitrogens with zero attached hydrogens (tertiary/aromatic N) is 5. The zero-order chi connectivity index (χ0) is 21.4. The van der Waals surface area contributed by atoms with Crippen molar-refractivity contribution in [2.24, 2.45) is 12.0 Å². The van der Waals surface area contributed by atoms with Crippen LogP contribution in [0.5, 0.6) is 5.75 Å². The smallest absolute Gasteiger partial charge is 0.193 e. The van der Waals surface area contributed by atoms with E-state index in [2.05, 4.69) is 51.3 Å². The molecule has 7 nitrogen and oxygen atoms in total. The normalized spacial score (nSPS) is 11.6. The first-order valence-electron chi connectivity index (χ1n) is 10.1. The number of para-hydroxylation sites is 1. The highest BCUT2D eigenvalue weighted by atomic mass is 127. The number of nitrogens with one attached hydrogen (secondary N) is 1. The lowest BCUT2D eigenvalue weighted by molar-refractivity contribution is 0.259. The Kier molecular flexibility index (Phi) is 11.2. The molecular formula is C22H37IN6O. The average Bonchev–Trinajstić information content (AvgIpc) is 3.03. The van der Waals surface area contributed by atoms with Gasteiger partial charge in [-0.15, -0.1) is 24.0 Å². The summed E-state index contributed by atoms with van der Waals surface area (Å²) in [6.45, 7) is 7.30. The van der Waals surface area contributed by atoms with Crippen molar-refractivity contribution in [2.45, 2.75) is 32.9 Å². The van der Waals surface area contributed by atoms with Crippen molar-refractivity contribution in [1.82, 2.24) is 24.9 Å². The zero-order valence-corrected chi connectivity index (χ0v) is 21.7. The molecule has 0 aliphatic heterocycles. The fourth-order valence-electron chi connectivity index (χ4n) is 3.18. The van der Waals surface area contributed by atoms with Gasteiger partial charge in [0.15, 0.2) is 5.96 Å². The van der Waals surface area contributed by atoms with Gasteiger partial charge in [0.05, 0.1) is 5.69 Å². The van der Waals surface area contributed by atoms with Crippen molar-refractivity contribution >= 4 is 29.9 Å². The monoisotopic (exact) mass is 528 g/mol. The van der Waals surface area contributed by atoms with E-state index in [-0.39, 0.29) is 24.0 Å². The number of likely N-dealkylation sites (N-methyl/N-ethyl adjacent to an activating group) is 1. The predicted molar refractivity (Wildman–Crippen MR) is 135 cm³/mol. The summed E-state index contributed by atoms with van der Waals surface area (Å²) < 4.78 is 7.85. The minimum atomic E-state index is 0. The summed E-state index contributed by atoms with van der Waals surface area (Å²) in [4.78, 5) is 8.69. The van der Waals surface area contributed by atoms with E-state index in [1.165, 1.54) is 5.56 Å². The van der Waals surface area contributed by atoms with Gasteiger partial charge in [0.25, 0.3) is 0 Å². The summed E-state index contributed by atoms with van der Waals surface area (Å²) in [5, 5.41) is 8.06. The maximum atomic E-state index is 5.97. The van der Waals surface area contributed by atoms with Crippen molar-refractivity contribution in [3.05, 3.63) is 47.3 Å². The van der Waals surface area contributed by atoms with Crippen LogP contribution in [-0.2, 0) is 20.1 Å². The molecule has 2 rings (SSSR count). The number of benzene rings is 1. The van der Waals surface area contributed by atoms with Crippen LogP contribution in [0, 0.1) is 0 Å². The SMILES string of the molecule is CN=C(NCc1ccccc1OCCN(C)C)N(C)Cc1cn(C)nc1C(C)C.I. The third-order valence-electron chi connectivity index (χ3n) is 4.67. The molecule has 30 heavy (non-hydrogen) atoms. The Morgan fingerprint density at radius 2 is 1.90 bits per heavy atom. The van der Waals surface area contributed by atoms with E-state index in [0.717, 1.165) is 36.1 Å². The van der Waals surface area contributed by atoms with Crippen LogP contribution in [-0.4, -0.2) is 66.9 Å². The second-order valence-electron chi connectivity index (χ2n) is 7.88. The van der Waals surface area contributed by atoms with Gasteiger partial charge < -0.3 is 19.9 Å². The van der Waals surface area contributed by atoms with E-state index in [1.807, 2.05) is 58.1 Å². The lowest BCUT2D eigenvalue weighted by Gasteiger charge is -2.23. The molecule has 0 saturated carbocycles. The highest BCUT2D eigenvalue weighted by molar-refractivity contribution is 14.0. The van der Waals surface area contributed by atoms with Gasteiger partial charge >= 0.3 is 0 Å². The minimum absolute atomic E-state index is 0. The van der Waals surface area contributed by atoms with Gasteiger partial charge in [-0.05, 0) is 26.1 Å². The molecule has 168 valence electrons. The van der Waals surface area contributed by atoms with E-state index in [4.69, 9.17) is 4.74 Å². The Morgan fingerprint density at radius 1 is 1.20 bits per heavy atom. The van der Waals surface area contributed by atoms with Crippen molar-refractivity contribution in [2.75, 3.05) is 41.3 Å². The Hall–Kier alpha value is -1.81. The summed E-state index contributed by atoms with van der Waals surface area (Å²) >= 11 is 0. The number of guanidine groups is 1. The number of aromatic nitrogens is 2. The first kappa shape index (κ1) is 26.2. The molecule has 1 aromatic heterocycles. The van der Waals surface area contributed by atoms with Gasteiger partial charge in [-0.25, -0.2) is 0 Å². The number of aryl methyl sites for hydroxylation is 1. The summed E-state index contributed by atoms with van der Waals surface area (Å²) in [7, 11) is 9.92. The largest absolute Gasteiger partial charge is 0.492 e. The molecule has 0 fully saturated rings. The van der Waals surface area contributed by atoms with Gasteiger partial charge in [0.2, 0.25) is 0 Å². The van der Waals surface area contributed by atoms with Crippen LogP contribution in [0.15, 0.2) is 35.5 Å². The molecule has 0 atom stereocenters. The molecule has 1 aromatic carbocycles. The van der Waals surface area contributed by atoms with Crippen LogP contribution < -0.4 is 10.1 Å². The minimum Gasteiger partial charge on any atom is -0.492 e. The summed E-state index contributed by atoms with van der Waals surface area (Å²) in [5.41, 5.74) is 3.47. The molecule has 0 aliphatic carbocycles. The quantitative estimate of drug-likeness (QED) is 0.308. The molecule has 0 radical (unpaired) electrons. The lowest BCUT2D eigenvalue weighted by Crippen LogP contribution is -2.38. The molecule has 1 N–H and O–H groups in total. The average molecular weight is 528 g/mol. The first-order valence-corrected chi connectivity index (χ1v) is 10.1. The molecule has 2 aromatic rings. The maximum Gasteiger partial charge on any atom is 0.193 e. The van der Waals surface area contributed by atoms with Gasteiger partial charge in [-0.2, -0.15) is 5.10 Å². The fraction of sp³-hybridized carbons (Fsp3) is 0.545. The molecule has 0 amide bonds. The molecule has 0 saturated heterocycles. The molecular weight excluding hydrogens is 491 g/mol. The zero-order valence-electron chi connectivity index (χ0n) is 19.3. The third kappa shape index (κ3) is 7.79. The van der Waals surface area contributed by atoms with Crippen LogP contribution in [0.25, 0.3) is 0 Å². The fourth-order valence-corrected chi connectivity index (χ4v) is 3.18. The lowest BCUT2D eigenvalue weighted by atomic mass is 10.1. The highest BCUT2D eigenvalue weighted by Crippen LogP contribution is 2.19. The Labute approximate surface area is 198 Å². The van der Waals surface area contributed by atoms with E-state index in [1.54, 1.807) is 0 Å². The summed E-state index contributed by atoms with van der Waals surface area (Å²) in [5.74, 6) is 2.14. The number of halogens is 1. The number of hydrogen-bond acceptors (Lipinski definition) is 4. The van der Waals surface area contributed by atoms with Crippen molar-refractivity contribution < 1.29 is 4.74 Å². The number of hydrogen-bond donors (Lipinski definition) is 1. The van der Waals surface area contributed by atoms with Crippen LogP contribution in [0.3, 0.4) is 0 Å². The number of ether oxygens (including phenoxy) is 1. The van der Waals surface area contributed by atoms with Gasteiger partial charge in [0, 0.05) is 58.1 Å².